The van der Waals surface area contributed by atoms with Gasteiger partial charge in [-0.05, 0) is 42.8 Å². The van der Waals surface area contributed by atoms with Gasteiger partial charge in [-0.1, -0.05) is 6.07 Å². The van der Waals surface area contributed by atoms with Gasteiger partial charge in [-0.15, -0.1) is 0 Å². The van der Waals surface area contributed by atoms with Crippen LogP contribution in [0.5, 0.6) is 5.75 Å². The normalized spacial score (nSPS) is 10.2. The van der Waals surface area contributed by atoms with Crippen molar-refractivity contribution in [1.29, 1.82) is 0 Å². The Morgan fingerprint density at radius 3 is 2.46 bits per heavy atom. The molecule has 0 fully saturated rings. The van der Waals surface area contributed by atoms with Crippen molar-refractivity contribution < 1.29 is 28.2 Å². The van der Waals surface area contributed by atoms with Crippen molar-refractivity contribution in [2.45, 2.75) is 13.8 Å². The van der Waals surface area contributed by atoms with Gasteiger partial charge in [0.05, 0.1) is 18.2 Å². The molecule has 0 saturated carbocycles. The second-order valence-electron chi connectivity index (χ2n) is 5.56. The summed E-state index contributed by atoms with van der Waals surface area (Å²) in [6, 6.07) is 8.40. The van der Waals surface area contributed by atoms with Gasteiger partial charge in [-0.2, -0.15) is 0 Å². The number of carbonyl (C=O) groups excluding carboxylic acids is 3. The number of anilines is 1. The fourth-order valence-electron chi connectivity index (χ4n) is 2.26. The number of ketones is 1. The molecule has 0 spiro atoms. The van der Waals surface area contributed by atoms with E-state index >= 15 is 0 Å². The molecule has 2 rings (SSSR count). The van der Waals surface area contributed by atoms with E-state index in [0.717, 1.165) is 11.6 Å². The predicted molar refractivity (Wildman–Crippen MR) is 93.0 cm³/mol. The van der Waals surface area contributed by atoms with Gasteiger partial charge < -0.3 is 14.8 Å². The number of amides is 1. The molecule has 136 valence electrons. The first-order chi connectivity index (χ1) is 12.3. The van der Waals surface area contributed by atoms with Crippen molar-refractivity contribution in [1.82, 2.24) is 0 Å². The first-order valence-electron chi connectivity index (χ1n) is 7.74. The van der Waals surface area contributed by atoms with Gasteiger partial charge in [0.15, 0.2) is 6.61 Å². The summed E-state index contributed by atoms with van der Waals surface area (Å²) in [6.45, 7) is 2.51. The van der Waals surface area contributed by atoms with Crippen LogP contribution in [0.15, 0.2) is 36.4 Å². The number of hydrogen-bond acceptors (Lipinski definition) is 5. The maximum Gasteiger partial charge on any atom is 0.338 e. The topological polar surface area (TPSA) is 81.7 Å². The second-order valence-corrected chi connectivity index (χ2v) is 5.56. The number of Topliss-reactive ketones (excluding diaryl/α,β-unsaturated/α-hetero) is 1. The fourth-order valence-corrected chi connectivity index (χ4v) is 2.26. The van der Waals surface area contributed by atoms with Crippen LogP contribution < -0.4 is 10.1 Å². The van der Waals surface area contributed by atoms with Crippen LogP contribution in [0.3, 0.4) is 0 Å². The summed E-state index contributed by atoms with van der Waals surface area (Å²) in [5, 5.41) is 2.41. The molecule has 0 aliphatic heterocycles. The smallest absolute Gasteiger partial charge is 0.338 e. The van der Waals surface area contributed by atoms with Crippen LogP contribution in [0.4, 0.5) is 10.1 Å². The molecule has 0 unspecified atom stereocenters. The molecule has 0 saturated heterocycles. The molecule has 2 aromatic rings. The third-order valence-electron chi connectivity index (χ3n) is 3.57. The molecule has 0 aromatic heterocycles. The third kappa shape index (κ3) is 4.66. The summed E-state index contributed by atoms with van der Waals surface area (Å²) in [7, 11) is 1.48. The molecule has 0 aliphatic carbocycles. The first-order valence-corrected chi connectivity index (χ1v) is 7.74. The molecule has 0 bridgehead atoms. The number of esters is 1. The Balaban J connectivity index is 2.04. The summed E-state index contributed by atoms with van der Waals surface area (Å²) in [5.74, 6) is -2.05. The van der Waals surface area contributed by atoms with E-state index in [2.05, 4.69) is 5.32 Å². The molecule has 0 heterocycles. The van der Waals surface area contributed by atoms with Crippen LogP contribution >= 0.6 is 0 Å². The summed E-state index contributed by atoms with van der Waals surface area (Å²) in [5.41, 5.74) is 1.08. The Labute approximate surface area is 149 Å². The number of methoxy groups -OCH3 is 1. The van der Waals surface area contributed by atoms with E-state index in [4.69, 9.17) is 9.47 Å². The molecule has 1 N–H and O–H groups in total. The Bertz CT molecular complexity index is 863. The number of halogens is 1. The maximum atomic E-state index is 14.0. The van der Waals surface area contributed by atoms with Crippen molar-refractivity contribution in [3.05, 3.63) is 58.9 Å². The highest BCUT2D eigenvalue weighted by atomic mass is 19.1. The molecular weight excluding hydrogens is 341 g/mol. The lowest BCUT2D eigenvalue weighted by Gasteiger charge is -2.09. The lowest BCUT2D eigenvalue weighted by atomic mass is 10.1. The number of ether oxygens (including phenoxy) is 2. The van der Waals surface area contributed by atoms with Gasteiger partial charge in [0.25, 0.3) is 0 Å². The molecule has 7 heteroatoms. The van der Waals surface area contributed by atoms with Crippen LogP contribution in [-0.2, 0) is 9.53 Å². The Morgan fingerprint density at radius 2 is 1.85 bits per heavy atom. The van der Waals surface area contributed by atoms with Crippen LogP contribution in [0.2, 0.25) is 0 Å². The van der Waals surface area contributed by atoms with Gasteiger partial charge in [0.2, 0.25) is 11.7 Å². The van der Waals surface area contributed by atoms with Gasteiger partial charge in [0.1, 0.15) is 11.6 Å². The monoisotopic (exact) mass is 359 g/mol. The van der Waals surface area contributed by atoms with Crippen molar-refractivity contribution in [2.75, 3.05) is 19.0 Å². The minimum atomic E-state index is -0.811. The van der Waals surface area contributed by atoms with Crippen molar-refractivity contribution >= 4 is 23.3 Å². The standard InChI is InChI=1S/C19H18FNO5/c1-11-4-5-13(8-18(11)25-3)19(24)26-10-17(23)15-7-6-14(9-16(15)20)21-12(2)22/h4-9H,10H2,1-3H3,(H,21,22). The van der Waals surface area contributed by atoms with E-state index in [1.165, 1.54) is 32.2 Å². The highest BCUT2D eigenvalue weighted by molar-refractivity contribution is 6.00. The Morgan fingerprint density at radius 1 is 1.12 bits per heavy atom. The zero-order chi connectivity index (χ0) is 19.3. The van der Waals surface area contributed by atoms with E-state index in [-0.39, 0.29) is 22.7 Å². The number of nitrogens with one attached hydrogen (secondary N) is 1. The maximum absolute atomic E-state index is 14.0. The minimum absolute atomic E-state index is 0.224. The number of benzene rings is 2. The van der Waals surface area contributed by atoms with E-state index < -0.39 is 24.2 Å². The second kappa shape index (κ2) is 8.24. The molecule has 0 atom stereocenters. The first kappa shape index (κ1) is 19.1. The van der Waals surface area contributed by atoms with Crippen molar-refractivity contribution in [3.63, 3.8) is 0 Å². The van der Waals surface area contributed by atoms with E-state index in [9.17, 15) is 18.8 Å². The summed E-state index contributed by atoms with van der Waals surface area (Å²) >= 11 is 0. The molecule has 6 nitrogen and oxygen atoms in total. The SMILES string of the molecule is COc1cc(C(=O)OCC(=O)c2ccc(NC(C)=O)cc2F)ccc1C. The summed E-state index contributed by atoms with van der Waals surface area (Å²) in [6.07, 6.45) is 0. The van der Waals surface area contributed by atoms with E-state index in [1.807, 2.05) is 6.92 Å². The van der Waals surface area contributed by atoms with Crippen molar-refractivity contribution in [2.24, 2.45) is 0 Å². The van der Waals surface area contributed by atoms with Gasteiger partial charge in [-0.3, -0.25) is 9.59 Å². The summed E-state index contributed by atoms with van der Waals surface area (Å²) in [4.78, 5) is 35.1. The average molecular weight is 359 g/mol. The van der Waals surface area contributed by atoms with E-state index in [0.29, 0.717) is 5.75 Å². The van der Waals surface area contributed by atoms with Gasteiger partial charge in [0, 0.05) is 12.6 Å². The van der Waals surface area contributed by atoms with Crippen LogP contribution in [0.25, 0.3) is 0 Å². The lowest BCUT2D eigenvalue weighted by molar-refractivity contribution is -0.114. The van der Waals surface area contributed by atoms with Crippen LogP contribution in [-0.4, -0.2) is 31.4 Å². The third-order valence-corrected chi connectivity index (χ3v) is 3.57. The Hall–Kier alpha value is -3.22. The quantitative estimate of drug-likeness (QED) is 0.633. The highest BCUT2D eigenvalue weighted by Gasteiger charge is 2.16. The van der Waals surface area contributed by atoms with Gasteiger partial charge >= 0.3 is 5.97 Å². The van der Waals surface area contributed by atoms with E-state index in [1.54, 1.807) is 12.1 Å². The number of aryl methyl sites for hydroxylation is 1. The number of rotatable bonds is 6. The molecule has 1 amide bonds. The molecule has 2 aromatic carbocycles. The average Bonchev–Trinajstić information content (AvgIpc) is 2.59. The fraction of sp³-hybridized carbons (Fsp3) is 0.211. The number of hydrogen-bond donors (Lipinski definition) is 1. The largest absolute Gasteiger partial charge is 0.496 e. The lowest BCUT2D eigenvalue weighted by Crippen LogP contribution is -2.16. The van der Waals surface area contributed by atoms with Crippen LogP contribution in [0.1, 0.15) is 33.2 Å². The zero-order valence-corrected chi connectivity index (χ0v) is 14.6. The predicted octanol–water partition coefficient (Wildman–Crippen LogP) is 3.14. The highest BCUT2D eigenvalue weighted by Crippen LogP contribution is 2.20. The summed E-state index contributed by atoms with van der Waals surface area (Å²) < 4.78 is 24.1. The molecular formula is C19H18FNO5. The molecule has 0 radical (unpaired) electrons. The molecule has 26 heavy (non-hydrogen) atoms. The zero-order valence-electron chi connectivity index (χ0n) is 14.6. The van der Waals surface area contributed by atoms with Crippen LogP contribution in [0, 0.1) is 12.7 Å². The number of carbonyl (C=O) groups is 3. The molecule has 0 aliphatic rings. The van der Waals surface area contributed by atoms with Crippen molar-refractivity contribution in [3.8, 4) is 5.75 Å². The Kier molecular flexibility index (Phi) is 6.06. The minimum Gasteiger partial charge on any atom is -0.496 e. The van der Waals surface area contributed by atoms with Gasteiger partial charge in [-0.25, -0.2) is 9.18 Å².